The monoisotopic (exact) mass is 848 g/mol. The summed E-state index contributed by atoms with van der Waals surface area (Å²) in [5.74, 6) is -2.09. The summed E-state index contributed by atoms with van der Waals surface area (Å²) in [6, 6.07) is 10.7. The zero-order valence-corrected chi connectivity index (χ0v) is 31.4. The topological polar surface area (TPSA) is 191 Å². The minimum Gasteiger partial charge on any atom is -1.00 e. The molecule has 276 valence electrons. The Balaban J connectivity index is 0.00000523. The van der Waals surface area contributed by atoms with Gasteiger partial charge in [-0.15, -0.1) is 11.8 Å². The average molecular weight is 849 g/mol. The third-order valence-corrected chi connectivity index (χ3v) is 11.0. The number of imidazole rings is 1. The summed E-state index contributed by atoms with van der Waals surface area (Å²) in [6.45, 7) is 3.95. The van der Waals surface area contributed by atoms with Gasteiger partial charge in [-0.1, -0.05) is 6.92 Å². The standard InChI is InChI=1S/C34H37N6O10S.HI/c1-20-29-28(21(2)41)32(42)38(29)30(33(43)49-17-22-4-8-24(9-5-22)39(45)46)31(20)51-27-14-26(15-36-13-12-35(3)19-36)37(16-27)34(44)50-18-23-6-10-25(11-7-23)40(47)48;/h4-13,19-21,26-29,41H,14-18H2,1-3H3;1H/q+1;/p-1/t20-,21-,26+,27+,28-,29-;/m1./s1. The quantitative estimate of drug-likeness (QED) is 0.0666. The fraction of sp³-hybridized carbons (Fsp3) is 0.412. The van der Waals surface area contributed by atoms with E-state index in [4.69, 9.17) is 9.47 Å². The molecule has 0 unspecified atom stereocenters. The Morgan fingerprint density at radius 2 is 1.60 bits per heavy atom. The molecule has 0 saturated carbocycles. The van der Waals surface area contributed by atoms with E-state index >= 15 is 0 Å². The Bertz CT molecular complexity index is 1890. The number of non-ortho nitro benzene ring substituents is 2. The number of thioether (sulfide) groups is 1. The highest BCUT2D eigenvalue weighted by Gasteiger charge is 2.60. The van der Waals surface area contributed by atoms with Crippen molar-refractivity contribution in [3.63, 3.8) is 0 Å². The highest BCUT2D eigenvalue weighted by atomic mass is 127. The number of nitro benzene ring substituents is 2. The minimum absolute atomic E-state index is 0. The van der Waals surface area contributed by atoms with Gasteiger partial charge in [-0.3, -0.25) is 25.0 Å². The molecule has 0 aliphatic carbocycles. The normalized spacial score (nSPS) is 22.7. The number of benzene rings is 2. The van der Waals surface area contributed by atoms with Gasteiger partial charge in [0.1, 0.15) is 37.8 Å². The van der Waals surface area contributed by atoms with Gasteiger partial charge in [-0.2, -0.15) is 0 Å². The Morgan fingerprint density at radius 1 is 1.02 bits per heavy atom. The predicted octanol–water partition coefficient (Wildman–Crippen LogP) is 0.458. The van der Waals surface area contributed by atoms with Crippen LogP contribution in [0.15, 0.2) is 77.9 Å². The van der Waals surface area contributed by atoms with Crippen molar-refractivity contribution < 1.29 is 67.4 Å². The van der Waals surface area contributed by atoms with E-state index in [2.05, 4.69) is 0 Å². The fourth-order valence-corrected chi connectivity index (χ4v) is 8.49. The maximum atomic E-state index is 13.7. The second-order valence-corrected chi connectivity index (χ2v) is 14.3. The zero-order chi connectivity index (χ0) is 36.6. The molecule has 2 aromatic carbocycles. The van der Waals surface area contributed by atoms with Gasteiger partial charge in [0.25, 0.3) is 11.4 Å². The molecule has 3 aliphatic heterocycles. The number of β-lactam (4-membered cyclic amide) rings is 1. The molecule has 18 heteroatoms. The number of aryl methyl sites for hydroxylation is 1. The number of halogens is 1. The number of hydrogen-bond donors (Lipinski definition) is 1. The SMILES string of the molecule is C[C@@H](O)[C@H]1C(=O)N2C(C(=O)OCc3ccc([N+](=O)[O-])cc3)=C(S[C@H]3C[C@@H](Cn4cc[n+](C)c4)N(C(=O)OCc4ccc([N+](=O)[O-])cc4)C3)[C@H](C)[C@H]12.[I-]. The van der Waals surface area contributed by atoms with Gasteiger partial charge in [0.2, 0.25) is 12.2 Å². The fourth-order valence-electron chi connectivity index (χ4n) is 6.93. The molecule has 3 aromatic rings. The number of aliphatic hydroxyl groups excluding tert-OH is 1. The highest BCUT2D eigenvalue weighted by molar-refractivity contribution is 8.03. The van der Waals surface area contributed by atoms with Crippen molar-refractivity contribution in [1.82, 2.24) is 14.4 Å². The van der Waals surface area contributed by atoms with Crippen molar-refractivity contribution in [2.75, 3.05) is 6.54 Å². The zero-order valence-electron chi connectivity index (χ0n) is 28.4. The summed E-state index contributed by atoms with van der Waals surface area (Å²) in [6.07, 6.45) is 4.74. The molecular formula is C34H37IN6O10S. The maximum absolute atomic E-state index is 13.7. The first kappa shape index (κ1) is 38.7. The Morgan fingerprint density at radius 3 is 2.12 bits per heavy atom. The van der Waals surface area contributed by atoms with Gasteiger partial charge < -0.3 is 48.4 Å². The minimum atomic E-state index is -0.928. The number of esters is 1. The summed E-state index contributed by atoms with van der Waals surface area (Å²) in [5.41, 5.74) is 1.06. The lowest BCUT2D eigenvalue weighted by Crippen LogP contribution is -3.00. The summed E-state index contributed by atoms with van der Waals surface area (Å²) >= 11 is 1.41. The number of aromatic nitrogens is 2. The third kappa shape index (κ3) is 7.92. The largest absolute Gasteiger partial charge is 1.00 e. The first-order chi connectivity index (χ1) is 24.3. The molecule has 2 saturated heterocycles. The number of hydrogen-bond acceptors (Lipinski definition) is 11. The van der Waals surface area contributed by atoms with Crippen LogP contribution in [0, 0.1) is 32.1 Å². The summed E-state index contributed by atoms with van der Waals surface area (Å²) in [7, 11) is 1.89. The van der Waals surface area contributed by atoms with Gasteiger partial charge in [0.15, 0.2) is 0 Å². The number of likely N-dealkylation sites (tertiary alicyclic amines) is 1. The number of rotatable bonds is 12. The van der Waals surface area contributed by atoms with Crippen LogP contribution in [0.1, 0.15) is 31.4 Å². The number of fused-ring (bicyclic) bond motifs is 1. The first-order valence-corrected chi connectivity index (χ1v) is 17.2. The number of aliphatic hydroxyl groups is 1. The van der Waals surface area contributed by atoms with Crippen LogP contribution >= 0.6 is 11.8 Å². The number of carbonyl (C=O) groups is 3. The van der Waals surface area contributed by atoms with Gasteiger partial charge in [0.05, 0.1) is 41.0 Å². The summed E-state index contributed by atoms with van der Waals surface area (Å²) in [4.78, 5) is 65.3. The highest BCUT2D eigenvalue weighted by Crippen LogP contribution is 2.52. The molecule has 2 amide bonds. The van der Waals surface area contributed by atoms with Gasteiger partial charge in [-0.05, 0) is 48.7 Å². The smallest absolute Gasteiger partial charge is 0.410 e. The molecule has 16 nitrogen and oxygen atoms in total. The van der Waals surface area contributed by atoms with Gasteiger partial charge in [-0.25, -0.2) is 18.7 Å². The molecule has 0 spiro atoms. The van der Waals surface area contributed by atoms with Crippen LogP contribution in [-0.4, -0.2) is 77.3 Å². The molecule has 6 atom stereocenters. The molecule has 6 rings (SSSR count). The molecular weight excluding hydrogens is 811 g/mol. The first-order valence-electron chi connectivity index (χ1n) is 16.3. The van der Waals surface area contributed by atoms with Crippen molar-refractivity contribution >= 4 is 41.1 Å². The Labute approximate surface area is 319 Å². The van der Waals surface area contributed by atoms with Gasteiger partial charge >= 0.3 is 12.1 Å². The van der Waals surface area contributed by atoms with Crippen molar-refractivity contribution in [2.45, 2.75) is 63.5 Å². The summed E-state index contributed by atoms with van der Waals surface area (Å²) < 4.78 is 15.2. The number of carbonyl (C=O) groups excluding carboxylic acids is 3. The molecule has 1 aromatic heterocycles. The third-order valence-electron chi connectivity index (χ3n) is 9.48. The molecule has 1 N–H and O–H groups in total. The molecule has 0 bridgehead atoms. The summed E-state index contributed by atoms with van der Waals surface area (Å²) in [5, 5.41) is 32.3. The van der Waals surface area contributed by atoms with Crippen LogP contribution in [0.4, 0.5) is 16.2 Å². The van der Waals surface area contributed by atoms with Crippen molar-refractivity contribution in [3.05, 3.63) is 109 Å². The van der Waals surface area contributed by atoms with Crippen LogP contribution in [0.25, 0.3) is 0 Å². The van der Waals surface area contributed by atoms with Crippen LogP contribution in [0.3, 0.4) is 0 Å². The molecule has 4 heterocycles. The van der Waals surface area contributed by atoms with E-state index in [0.29, 0.717) is 29.0 Å². The van der Waals surface area contributed by atoms with Crippen molar-refractivity contribution in [1.29, 1.82) is 0 Å². The lowest BCUT2D eigenvalue weighted by atomic mass is 9.79. The second kappa shape index (κ2) is 16.0. The Kier molecular flexibility index (Phi) is 11.9. The van der Waals surface area contributed by atoms with Crippen LogP contribution in [-0.2, 0) is 45.9 Å². The van der Waals surface area contributed by atoms with E-state index in [1.807, 2.05) is 41.8 Å². The van der Waals surface area contributed by atoms with Crippen molar-refractivity contribution in [3.8, 4) is 0 Å². The molecule has 2 fully saturated rings. The van der Waals surface area contributed by atoms with E-state index in [9.17, 15) is 39.7 Å². The average Bonchev–Trinajstić information content (AvgIpc) is 3.77. The van der Waals surface area contributed by atoms with E-state index in [1.165, 1.54) is 65.2 Å². The van der Waals surface area contributed by atoms with Gasteiger partial charge in [0, 0.05) is 46.9 Å². The van der Waals surface area contributed by atoms with E-state index < -0.39 is 40.0 Å². The van der Waals surface area contributed by atoms with E-state index in [1.54, 1.807) is 11.8 Å². The Hall–Kier alpha value is -4.56. The number of amides is 2. The van der Waals surface area contributed by atoms with E-state index in [-0.39, 0.29) is 83.9 Å². The van der Waals surface area contributed by atoms with Crippen LogP contribution in [0.5, 0.6) is 0 Å². The number of ether oxygens (including phenoxy) is 2. The predicted molar refractivity (Wildman–Crippen MR) is 180 cm³/mol. The molecule has 0 radical (unpaired) electrons. The van der Waals surface area contributed by atoms with Crippen molar-refractivity contribution in [2.24, 2.45) is 18.9 Å². The molecule has 52 heavy (non-hydrogen) atoms. The van der Waals surface area contributed by atoms with E-state index in [0.717, 1.165) is 0 Å². The number of nitrogens with zero attached hydrogens (tertiary/aromatic N) is 6. The van der Waals surface area contributed by atoms with Crippen LogP contribution in [0.2, 0.25) is 0 Å². The second-order valence-electron chi connectivity index (χ2n) is 13.0. The lowest BCUT2D eigenvalue weighted by Gasteiger charge is -2.46. The number of nitro groups is 2. The molecule has 3 aliphatic rings. The van der Waals surface area contributed by atoms with Crippen LogP contribution < -0.4 is 28.5 Å². The lowest BCUT2D eigenvalue weighted by molar-refractivity contribution is -0.671. The maximum Gasteiger partial charge on any atom is 0.410 e.